The molecule has 110 valence electrons. The minimum atomic E-state index is -0.419. The van der Waals surface area contributed by atoms with Gasteiger partial charge in [0.1, 0.15) is 11.5 Å². The molecular formula is C18H15FN2O. The smallest absolute Gasteiger partial charge is 0.165 e. The van der Waals surface area contributed by atoms with Crippen LogP contribution in [-0.4, -0.2) is 15.8 Å². The number of rotatable bonds is 0. The first kappa shape index (κ1) is 14.4. The number of pyridine rings is 2. The molecule has 0 fully saturated rings. The van der Waals surface area contributed by atoms with Crippen LogP contribution in [0.1, 0.15) is 47.6 Å². The van der Waals surface area contributed by atoms with Gasteiger partial charge in [0.2, 0.25) is 0 Å². The second-order valence-electron chi connectivity index (χ2n) is 6.27. The quantitative estimate of drug-likeness (QED) is 0.701. The first-order valence-electron chi connectivity index (χ1n) is 7.09. The predicted molar refractivity (Wildman–Crippen MR) is 80.8 cm³/mol. The Morgan fingerprint density at radius 1 is 1.18 bits per heavy atom. The highest BCUT2D eigenvalue weighted by Crippen LogP contribution is 2.33. The van der Waals surface area contributed by atoms with Gasteiger partial charge in [-0.15, -0.1) is 0 Å². The fraction of sp³-hybridized carbons (Fsp3) is 0.278. The molecule has 3 nitrogen and oxygen atoms in total. The number of Topliss-reactive ketones (excluding diaryl/α,β-unsaturated/α-hetero) is 1. The van der Waals surface area contributed by atoms with Crippen LogP contribution >= 0.6 is 0 Å². The standard InChI is InChI=1S/C18H15FN2O/c1-18(2)8-16-15(17(22)9-18)6-5-14(21-16)4-3-12-7-13(19)11-20-10-12/h5-7,10-11H,8-9H2,1-2H3. The topological polar surface area (TPSA) is 42.9 Å². The van der Waals surface area contributed by atoms with Crippen molar-refractivity contribution >= 4 is 5.78 Å². The molecule has 0 spiro atoms. The van der Waals surface area contributed by atoms with E-state index in [1.54, 1.807) is 12.1 Å². The van der Waals surface area contributed by atoms with E-state index in [0.717, 1.165) is 18.3 Å². The lowest BCUT2D eigenvalue weighted by molar-refractivity contribution is 0.0910. The summed E-state index contributed by atoms with van der Waals surface area (Å²) in [7, 11) is 0. The zero-order chi connectivity index (χ0) is 15.7. The Labute approximate surface area is 128 Å². The highest BCUT2D eigenvalue weighted by molar-refractivity contribution is 5.98. The maximum Gasteiger partial charge on any atom is 0.165 e. The number of aromatic nitrogens is 2. The largest absolute Gasteiger partial charge is 0.294 e. The molecule has 0 N–H and O–H groups in total. The Bertz CT molecular complexity index is 815. The molecule has 0 aliphatic heterocycles. The minimum absolute atomic E-state index is 0.0738. The summed E-state index contributed by atoms with van der Waals surface area (Å²) in [5, 5.41) is 0. The molecule has 2 heterocycles. The van der Waals surface area contributed by atoms with E-state index in [0.29, 0.717) is 23.2 Å². The van der Waals surface area contributed by atoms with Gasteiger partial charge in [0, 0.05) is 23.7 Å². The monoisotopic (exact) mass is 294 g/mol. The Kier molecular flexibility index (Phi) is 3.50. The Balaban J connectivity index is 1.93. The summed E-state index contributed by atoms with van der Waals surface area (Å²) < 4.78 is 13.1. The second-order valence-corrected chi connectivity index (χ2v) is 6.27. The molecule has 1 aliphatic rings. The van der Waals surface area contributed by atoms with Crippen molar-refractivity contribution < 1.29 is 9.18 Å². The molecule has 0 atom stereocenters. The van der Waals surface area contributed by atoms with Crippen molar-refractivity contribution in [2.45, 2.75) is 26.7 Å². The van der Waals surface area contributed by atoms with Gasteiger partial charge < -0.3 is 0 Å². The van der Waals surface area contributed by atoms with E-state index in [-0.39, 0.29) is 11.2 Å². The van der Waals surface area contributed by atoms with Gasteiger partial charge in [-0.25, -0.2) is 9.37 Å². The molecule has 0 saturated heterocycles. The van der Waals surface area contributed by atoms with Crippen molar-refractivity contribution in [1.29, 1.82) is 0 Å². The number of halogens is 1. The SMILES string of the molecule is CC1(C)CC(=O)c2ccc(C#Cc3cncc(F)c3)nc2C1. The summed E-state index contributed by atoms with van der Waals surface area (Å²) in [6, 6.07) is 4.84. The average Bonchev–Trinajstić information content (AvgIpc) is 2.43. The molecule has 4 heteroatoms. The van der Waals surface area contributed by atoms with Crippen LogP contribution in [0.5, 0.6) is 0 Å². The number of fused-ring (bicyclic) bond motifs is 1. The normalized spacial score (nSPS) is 15.7. The Morgan fingerprint density at radius 2 is 2.00 bits per heavy atom. The lowest BCUT2D eigenvalue weighted by Gasteiger charge is -2.29. The zero-order valence-corrected chi connectivity index (χ0v) is 12.5. The van der Waals surface area contributed by atoms with Crippen molar-refractivity contribution in [3.8, 4) is 11.8 Å². The summed E-state index contributed by atoms with van der Waals surface area (Å²) in [6.07, 6.45) is 3.93. The first-order valence-corrected chi connectivity index (χ1v) is 7.09. The molecule has 0 saturated carbocycles. The lowest BCUT2D eigenvalue weighted by Crippen LogP contribution is -2.28. The van der Waals surface area contributed by atoms with Gasteiger partial charge in [0.05, 0.1) is 11.9 Å². The molecule has 0 unspecified atom stereocenters. The molecule has 0 bridgehead atoms. The Morgan fingerprint density at radius 3 is 2.77 bits per heavy atom. The van der Waals surface area contributed by atoms with Gasteiger partial charge in [0.15, 0.2) is 5.78 Å². The number of carbonyl (C=O) groups excluding carboxylic acids is 1. The number of carbonyl (C=O) groups is 1. The van der Waals surface area contributed by atoms with Gasteiger partial charge in [-0.1, -0.05) is 19.8 Å². The highest BCUT2D eigenvalue weighted by Gasteiger charge is 2.31. The minimum Gasteiger partial charge on any atom is -0.294 e. The van der Waals surface area contributed by atoms with Crippen LogP contribution in [0.2, 0.25) is 0 Å². The summed E-state index contributed by atoms with van der Waals surface area (Å²) in [6.45, 7) is 4.12. The van der Waals surface area contributed by atoms with Crippen molar-refractivity contribution in [2.75, 3.05) is 0 Å². The van der Waals surface area contributed by atoms with Crippen LogP contribution in [0.4, 0.5) is 4.39 Å². The van der Waals surface area contributed by atoms with Crippen LogP contribution in [0.3, 0.4) is 0 Å². The Hall–Kier alpha value is -2.54. The number of hydrogen-bond donors (Lipinski definition) is 0. The molecule has 1 aliphatic carbocycles. The number of hydrogen-bond acceptors (Lipinski definition) is 3. The van der Waals surface area contributed by atoms with Gasteiger partial charge >= 0.3 is 0 Å². The summed E-state index contributed by atoms with van der Waals surface area (Å²) in [5.41, 5.74) is 2.49. The first-order chi connectivity index (χ1) is 10.4. The highest BCUT2D eigenvalue weighted by atomic mass is 19.1. The van der Waals surface area contributed by atoms with Crippen molar-refractivity contribution in [1.82, 2.24) is 9.97 Å². The van der Waals surface area contributed by atoms with Gasteiger partial charge in [-0.05, 0) is 36.0 Å². The van der Waals surface area contributed by atoms with Crippen LogP contribution in [-0.2, 0) is 6.42 Å². The maximum absolute atomic E-state index is 13.1. The molecule has 2 aromatic heterocycles. The molecule has 2 aromatic rings. The van der Waals surface area contributed by atoms with Gasteiger partial charge in [-0.3, -0.25) is 9.78 Å². The predicted octanol–water partition coefficient (Wildman–Crippen LogP) is 3.17. The number of ketones is 1. The van der Waals surface area contributed by atoms with E-state index in [9.17, 15) is 9.18 Å². The van der Waals surface area contributed by atoms with E-state index in [1.807, 2.05) is 0 Å². The summed E-state index contributed by atoms with van der Waals surface area (Å²) in [5.74, 6) is 5.46. The third kappa shape index (κ3) is 3.04. The van der Waals surface area contributed by atoms with Crippen LogP contribution in [0.25, 0.3) is 0 Å². The molecule has 0 radical (unpaired) electrons. The lowest BCUT2D eigenvalue weighted by atomic mass is 9.75. The van der Waals surface area contributed by atoms with Crippen molar-refractivity contribution in [3.63, 3.8) is 0 Å². The van der Waals surface area contributed by atoms with E-state index >= 15 is 0 Å². The molecule has 0 amide bonds. The van der Waals surface area contributed by atoms with E-state index in [4.69, 9.17) is 0 Å². The van der Waals surface area contributed by atoms with E-state index in [2.05, 4.69) is 35.7 Å². The van der Waals surface area contributed by atoms with Crippen molar-refractivity contribution in [3.05, 3.63) is 58.9 Å². The molecule has 22 heavy (non-hydrogen) atoms. The second kappa shape index (κ2) is 5.34. The van der Waals surface area contributed by atoms with E-state index in [1.165, 1.54) is 12.3 Å². The summed E-state index contributed by atoms with van der Waals surface area (Å²) >= 11 is 0. The fourth-order valence-corrected chi connectivity index (χ4v) is 2.62. The zero-order valence-electron chi connectivity index (χ0n) is 12.5. The van der Waals surface area contributed by atoms with E-state index < -0.39 is 5.82 Å². The third-order valence-corrected chi connectivity index (χ3v) is 3.60. The maximum atomic E-state index is 13.1. The van der Waals surface area contributed by atoms with Crippen LogP contribution < -0.4 is 0 Å². The molecule has 0 aromatic carbocycles. The van der Waals surface area contributed by atoms with Gasteiger partial charge in [0.25, 0.3) is 0 Å². The fourth-order valence-electron chi connectivity index (χ4n) is 2.62. The molecular weight excluding hydrogens is 279 g/mol. The van der Waals surface area contributed by atoms with Gasteiger partial charge in [-0.2, -0.15) is 0 Å². The summed E-state index contributed by atoms with van der Waals surface area (Å²) in [4.78, 5) is 20.3. The average molecular weight is 294 g/mol. The van der Waals surface area contributed by atoms with Crippen LogP contribution in [0, 0.1) is 23.1 Å². The number of nitrogens with zero attached hydrogens (tertiary/aromatic N) is 2. The van der Waals surface area contributed by atoms with Crippen LogP contribution in [0.15, 0.2) is 30.6 Å². The molecule has 3 rings (SSSR count). The van der Waals surface area contributed by atoms with Crippen molar-refractivity contribution in [2.24, 2.45) is 5.41 Å². The third-order valence-electron chi connectivity index (χ3n) is 3.60.